The van der Waals surface area contributed by atoms with Crippen LogP contribution in [0, 0.1) is 0 Å². The van der Waals surface area contributed by atoms with E-state index in [1.807, 2.05) is 6.07 Å². The first kappa shape index (κ1) is 19.4. The van der Waals surface area contributed by atoms with E-state index in [-0.39, 0.29) is 29.1 Å². The van der Waals surface area contributed by atoms with Gasteiger partial charge in [0.1, 0.15) is 5.69 Å². The Hall–Kier alpha value is -2.41. The van der Waals surface area contributed by atoms with Crippen molar-refractivity contribution in [2.45, 2.75) is 39.2 Å². The Balaban J connectivity index is 1.77. The first-order chi connectivity index (χ1) is 12.9. The molecule has 27 heavy (non-hydrogen) atoms. The number of sulfone groups is 1. The lowest BCUT2D eigenvalue weighted by Crippen LogP contribution is -2.36. The number of nitrogens with zero attached hydrogens (tertiary/aromatic N) is 1. The summed E-state index contributed by atoms with van der Waals surface area (Å²) < 4.78 is 23.1. The number of aromatic nitrogens is 1. The van der Waals surface area contributed by atoms with E-state index in [4.69, 9.17) is 0 Å². The number of hydrogen-bond acceptors (Lipinski definition) is 5. The normalized spacial score (nSPS) is 18.2. The van der Waals surface area contributed by atoms with E-state index in [0.717, 1.165) is 24.2 Å². The number of pyridine rings is 1. The quantitative estimate of drug-likeness (QED) is 0.796. The van der Waals surface area contributed by atoms with Crippen molar-refractivity contribution in [2.75, 3.05) is 16.8 Å². The summed E-state index contributed by atoms with van der Waals surface area (Å²) in [6.45, 7) is 4.22. The number of nitrogens with one attached hydrogen (secondary N) is 2. The SMILES string of the molecule is CCc1cccc(CC)c1Nc1ccnc(C(=O)NC2CCS(=O)(=O)C2)c1. The summed E-state index contributed by atoms with van der Waals surface area (Å²) in [6, 6.07) is 9.43. The largest absolute Gasteiger partial charge is 0.355 e. The van der Waals surface area contributed by atoms with E-state index in [0.29, 0.717) is 6.42 Å². The van der Waals surface area contributed by atoms with Gasteiger partial charge in [-0.25, -0.2) is 8.42 Å². The van der Waals surface area contributed by atoms with E-state index in [2.05, 4.69) is 47.7 Å². The minimum atomic E-state index is -3.04. The molecule has 0 bridgehead atoms. The lowest BCUT2D eigenvalue weighted by atomic mass is 10.0. The Morgan fingerprint density at radius 1 is 1.19 bits per heavy atom. The number of carbonyl (C=O) groups excluding carboxylic acids is 1. The van der Waals surface area contributed by atoms with Crippen LogP contribution in [0.2, 0.25) is 0 Å². The number of benzene rings is 1. The summed E-state index contributed by atoms with van der Waals surface area (Å²) in [7, 11) is -3.04. The fourth-order valence-corrected chi connectivity index (χ4v) is 5.02. The zero-order valence-electron chi connectivity index (χ0n) is 15.7. The molecule has 1 aromatic carbocycles. The molecular formula is C20H25N3O3S. The number of para-hydroxylation sites is 1. The molecule has 1 amide bonds. The van der Waals surface area contributed by atoms with Crippen LogP contribution < -0.4 is 10.6 Å². The smallest absolute Gasteiger partial charge is 0.270 e. The van der Waals surface area contributed by atoms with Crippen molar-refractivity contribution in [1.82, 2.24) is 10.3 Å². The van der Waals surface area contributed by atoms with Gasteiger partial charge in [-0.1, -0.05) is 32.0 Å². The molecule has 1 aliphatic rings. The summed E-state index contributed by atoms with van der Waals surface area (Å²) in [6.07, 6.45) is 3.86. The molecule has 0 spiro atoms. The zero-order valence-corrected chi connectivity index (χ0v) is 16.5. The monoisotopic (exact) mass is 387 g/mol. The van der Waals surface area contributed by atoms with Crippen LogP contribution in [0.15, 0.2) is 36.5 Å². The van der Waals surface area contributed by atoms with Gasteiger partial charge < -0.3 is 10.6 Å². The molecule has 3 rings (SSSR count). The average molecular weight is 388 g/mol. The molecular weight excluding hydrogens is 362 g/mol. The molecule has 0 radical (unpaired) electrons. The molecule has 2 aromatic rings. The van der Waals surface area contributed by atoms with E-state index in [1.165, 1.54) is 11.1 Å². The summed E-state index contributed by atoms with van der Waals surface area (Å²) >= 11 is 0. The fraction of sp³-hybridized carbons (Fsp3) is 0.400. The minimum absolute atomic E-state index is 0.000413. The number of aryl methyl sites for hydroxylation is 2. The molecule has 1 aromatic heterocycles. The Morgan fingerprint density at radius 2 is 1.89 bits per heavy atom. The Bertz CT molecular complexity index is 919. The van der Waals surface area contributed by atoms with E-state index in [9.17, 15) is 13.2 Å². The lowest BCUT2D eigenvalue weighted by Gasteiger charge is -2.16. The first-order valence-corrected chi connectivity index (χ1v) is 11.1. The van der Waals surface area contributed by atoms with Crippen molar-refractivity contribution in [3.05, 3.63) is 53.3 Å². The van der Waals surface area contributed by atoms with Gasteiger partial charge in [-0.2, -0.15) is 0 Å². The Morgan fingerprint density at radius 3 is 2.48 bits per heavy atom. The van der Waals surface area contributed by atoms with Crippen molar-refractivity contribution in [3.63, 3.8) is 0 Å². The van der Waals surface area contributed by atoms with E-state index in [1.54, 1.807) is 12.3 Å². The molecule has 2 N–H and O–H groups in total. The maximum atomic E-state index is 12.5. The molecule has 7 heteroatoms. The summed E-state index contributed by atoms with van der Waals surface area (Å²) in [5, 5.41) is 6.21. The van der Waals surface area contributed by atoms with Crippen molar-refractivity contribution in [3.8, 4) is 0 Å². The molecule has 144 valence electrons. The molecule has 6 nitrogen and oxygen atoms in total. The third kappa shape index (κ3) is 4.66. The number of rotatable bonds is 6. The highest BCUT2D eigenvalue weighted by Crippen LogP contribution is 2.26. The maximum Gasteiger partial charge on any atom is 0.270 e. The predicted octanol–water partition coefficient (Wildman–Crippen LogP) is 2.87. The number of hydrogen-bond donors (Lipinski definition) is 2. The van der Waals surface area contributed by atoms with Gasteiger partial charge in [0.05, 0.1) is 11.5 Å². The molecule has 1 saturated heterocycles. The molecule has 1 atom stereocenters. The molecule has 0 aliphatic carbocycles. The molecule has 0 saturated carbocycles. The van der Waals surface area contributed by atoms with Gasteiger partial charge in [-0.15, -0.1) is 0 Å². The second kappa shape index (κ2) is 8.08. The third-order valence-electron chi connectivity index (χ3n) is 4.83. The topological polar surface area (TPSA) is 88.2 Å². The lowest BCUT2D eigenvalue weighted by molar-refractivity contribution is 0.0936. The van der Waals surface area contributed by atoms with Gasteiger partial charge in [-0.05, 0) is 42.5 Å². The van der Waals surface area contributed by atoms with Crippen molar-refractivity contribution >= 4 is 27.1 Å². The van der Waals surface area contributed by atoms with Crippen LogP contribution in [0.1, 0.15) is 41.9 Å². The van der Waals surface area contributed by atoms with Crippen molar-refractivity contribution < 1.29 is 13.2 Å². The van der Waals surface area contributed by atoms with Gasteiger partial charge >= 0.3 is 0 Å². The van der Waals surface area contributed by atoms with Gasteiger partial charge in [-0.3, -0.25) is 9.78 Å². The van der Waals surface area contributed by atoms with E-state index >= 15 is 0 Å². The van der Waals surface area contributed by atoms with Gasteiger partial charge in [0.2, 0.25) is 0 Å². The van der Waals surface area contributed by atoms with Gasteiger partial charge in [0, 0.05) is 23.6 Å². The Labute approximate surface area is 160 Å². The van der Waals surface area contributed by atoms with Crippen molar-refractivity contribution in [2.24, 2.45) is 0 Å². The second-order valence-electron chi connectivity index (χ2n) is 6.79. The standard InChI is InChI=1S/C20H25N3O3S/c1-3-14-6-5-7-15(4-2)19(14)22-16-8-10-21-18(12-16)20(24)23-17-9-11-27(25,26)13-17/h5-8,10,12,17H,3-4,9,11,13H2,1-2H3,(H,21,22)(H,23,24). The van der Waals surface area contributed by atoms with Gasteiger partial charge in [0.25, 0.3) is 5.91 Å². The number of anilines is 2. The second-order valence-corrected chi connectivity index (χ2v) is 9.02. The van der Waals surface area contributed by atoms with Crippen molar-refractivity contribution in [1.29, 1.82) is 0 Å². The maximum absolute atomic E-state index is 12.5. The summed E-state index contributed by atoms with van der Waals surface area (Å²) in [4.78, 5) is 16.6. The van der Waals surface area contributed by atoms with Crippen LogP contribution >= 0.6 is 0 Å². The molecule has 1 unspecified atom stereocenters. The van der Waals surface area contributed by atoms with Gasteiger partial charge in [0.15, 0.2) is 9.84 Å². The van der Waals surface area contributed by atoms with Crippen LogP contribution in [-0.2, 0) is 22.7 Å². The highest BCUT2D eigenvalue weighted by atomic mass is 32.2. The highest BCUT2D eigenvalue weighted by Gasteiger charge is 2.29. The fourth-order valence-electron chi connectivity index (χ4n) is 3.35. The van der Waals surface area contributed by atoms with E-state index < -0.39 is 9.84 Å². The summed E-state index contributed by atoms with van der Waals surface area (Å²) in [5.74, 6) is -0.221. The molecule has 2 heterocycles. The Kier molecular flexibility index (Phi) is 5.79. The third-order valence-corrected chi connectivity index (χ3v) is 6.60. The average Bonchev–Trinajstić information content (AvgIpc) is 3.00. The van der Waals surface area contributed by atoms with Crippen LogP contribution in [0.3, 0.4) is 0 Å². The number of carbonyl (C=O) groups is 1. The molecule has 1 fully saturated rings. The molecule has 1 aliphatic heterocycles. The highest BCUT2D eigenvalue weighted by molar-refractivity contribution is 7.91. The zero-order chi connectivity index (χ0) is 19.4. The minimum Gasteiger partial charge on any atom is -0.355 e. The predicted molar refractivity (Wildman–Crippen MR) is 107 cm³/mol. The van der Waals surface area contributed by atoms with Crippen LogP contribution in [0.25, 0.3) is 0 Å². The first-order valence-electron chi connectivity index (χ1n) is 9.27. The van der Waals surface area contributed by atoms with Crippen LogP contribution in [0.4, 0.5) is 11.4 Å². The summed E-state index contributed by atoms with van der Waals surface area (Å²) in [5.41, 5.74) is 4.56. The van der Waals surface area contributed by atoms with Crippen LogP contribution in [0.5, 0.6) is 0 Å². The number of amides is 1. The van der Waals surface area contributed by atoms with Crippen LogP contribution in [-0.4, -0.2) is 36.9 Å².